The first-order valence-corrected chi connectivity index (χ1v) is 8.38. The number of rotatable bonds is 7. The molecule has 1 aromatic carbocycles. The monoisotopic (exact) mass is 342 g/mol. The van der Waals surface area contributed by atoms with Crippen LogP contribution in [-0.4, -0.2) is 24.0 Å². The molecule has 0 atom stereocenters. The lowest BCUT2D eigenvalue weighted by Gasteiger charge is -2.24. The molecule has 1 rings (SSSR count). The summed E-state index contributed by atoms with van der Waals surface area (Å²) in [4.78, 5) is 23.8. The molecule has 0 saturated heterocycles. The topological polar surface area (TPSA) is 79.2 Å². The number of nitrogens with one attached hydrogen (secondary N) is 1. The maximum absolute atomic E-state index is 12.0. The third-order valence-electron chi connectivity index (χ3n) is 3.95. The number of hydrogen-bond donors (Lipinski definition) is 1. The molecule has 0 fully saturated rings. The minimum atomic E-state index is -0.806. The second-order valence-electron chi connectivity index (χ2n) is 6.85. The highest BCUT2D eigenvalue weighted by atomic mass is 16.5. The van der Waals surface area contributed by atoms with Gasteiger partial charge in [-0.3, -0.25) is 4.79 Å². The van der Waals surface area contributed by atoms with Crippen LogP contribution in [0.2, 0.25) is 0 Å². The Morgan fingerprint density at radius 3 is 2.36 bits per heavy atom. The van der Waals surface area contributed by atoms with Crippen molar-refractivity contribution in [3.63, 3.8) is 0 Å². The molecule has 5 nitrogen and oxygen atoms in total. The van der Waals surface area contributed by atoms with Crippen molar-refractivity contribution in [2.75, 3.05) is 6.61 Å². The van der Waals surface area contributed by atoms with E-state index in [0.717, 1.165) is 12.0 Å². The van der Waals surface area contributed by atoms with Crippen molar-refractivity contribution >= 4 is 18.0 Å². The number of ether oxygens (including phenoxy) is 1. The fourth-order valence-electron chi connectivity index (χ4n) is 1.99. The second-order valence-corrected chi connectivity index (χ2v) is 6.85. The third-order valence-corrected chi connectivity index (χ3v) is 3.95. The predicted octanol–water partition coefficient (Wildman–Crippen LogP) is 3.56. The summed E-state index contributed by atoms with van der Waals surface area (Å²) < 4.78 is 4.94. The van der Waals surface area contributed by atoms with Gasteiger partial charge in [0, 0.05) is 5.54 Å². The first-order valence-electron chi connectivity index (χ1n) is 8.38. The first kappa shape index (κ1) is 20.4. The zero-order valence-electron chi connectivity index (χ0n) is 15.6. The van der Waals surface area contributed by atoms with Gasteiger partial charge in [-0.15, -0.1) is 0 Å². The fourth-order valence-corrected chi connectivity index (χ4v) is 1.99. The van der Waals surface area contributed by atoms with E-state index in [1.807, 2.05) is 51.1 Å². The van der Waals surface area contributed by atoms with Crippen LogP contribution in [0.1, 0.15) is 58.1 Å². The SMILES string of the molecule is CCC(C)(C)NC(=O)COC(=O)/C(C#N)=C/c1ccc(C(C)C)cc1. The van der Waals surface area contributed by atoms with Crippen molar-refractivity contribution in [2.24, 2.45) is 0 Å². The maximum Gasteiger partial charge on any atom is 0.349 e. The zero-order chi connectivity index (χ0) is 19.0. The molecule has 0 aliphatic heterocycles. The molecule has 0 aliphatic carbocycles. The molecule has 1 aromatic rings. The number of carbonyl (C=O) groups is 2. The number of nitrogens with zero attached hydrogens (tertiary/aromatic N) is 1. The van der Waals surface area contributed by atoms with Gasteiger partial charge in [-0.2, -0.15) is 5.26 Å². The summed E-state index contributed by atoms with van der Waals surface area (Å²) >= 11 is 0. The van der Waals surface area contributed by atoms with Crippen LogP contribution in [0.25, 0.3) is 6.08 Å². The van der Waals surface area contributed by atoms with Gasteiger partial charge < -0.3 is 10.1 Å². The molecule has 0 heterocycles. The van der Waals surface area contributed by atoms with Crippen LogP contribution in [-0.2, 0) is 14.3 Å². The molecule has 0 radical (unpaired) electrons. The second kappa shape index (κ2) is 9.03. The van der Waals surface area contributed by atoms with Crippen LogP contribution in [0.5, 0.6) is 0 Å². The molecular formula is C20H26N2O3. The molecule has 1 N–H and O–H groups in total. The van der Waals surface area contributed by atoms with Gasteiger partial charge >= 0.3 is 5.97 Å². The number of carbonyl (C=O) groups excluding carboxylic acids is 2. The molecular weight excluding hydrogens is 316 g/mol. The summed E-state index contributed by atoms with van der Waals surface area (Å²) in [5, 5.41) is 11.9. The van der Waals surface area contributed by atoms with Crippen molar-refractivity contribution in [3.05, 3.63) is 41.0 Å². The van der Waals surface area contributed by atoms with Gasteiger partial charge in [0.05, 0.1) is 0 Å². The summed E-state index contributed by atoms with van der Waals surface area (Å²) in [6.07, 6.45) is 2.21. The molecule has 134 valence electrons. The lowest BCUT2D eigenvalue weighted by Crippen LogP contribution is -2.44. The van der Waals surface area contributed by atoms with Crippen LogP contribution < -0.4 is 5.32 Å². The lowest BCUT2D eigenvalue weighted by molar-refractivity contribution is -0.144. The van der Waals surface area contributed by atoms with E-state index >= 15 is 0 Å². The molecule has 0 aliphatic rings. The largest absolute Gasteiger partial charge is 0.451 e. The summed E-state index contributed by atoms with van der Waals surface area (Å²) in [5.74, 6) is -0.789. The number of benzene rings is 1. The Morgan fingerprint density at radius 1 is 1.28 bits per heavy atom. The van der Waals surface area contributed by atoms with Crippen LogP contribution in [0.3, 0.4) is 0 Å². The Labute approximate surface area is 149 Å². The van der Waals surface area contributed by atoms with Gasteiger partial charge in [0.25, 0.3) is 5.91 Å². The Kier molecular flexibility index (Phi) is 7.38. The minimum absolute atomic E-state index is 0.139. The van der Waals surface area contributed by atoms with E-state index in [2.05, 4.69) is 19.2 Å². The Morgan fingerprint density at radius 2 is 1.88 bits per heavy atom. The van der Waals surface area contributed by atoms with E-state index in [-0.39, 0.29) is 11.1 Å². The average Bonchev–Trinajstić information content (AvgIpc) is 2.57. The van der Waals surface area contributed by atoms with Gasteiger partial charge in [-0.1, -0.05) is 45.0 Å². The summed E-state index contributed by atoms with van der Waals surface area (Å²) in [6, 6.07) is 9.42. The highest BCUT2D eigenvalue weighted by Gasteiger charge is 2.19. The molecule has 0 bridgehead atoms. The van der Waals surface area contributed by atoms with Gasteiger partial charge in [0.15, 0.2) is 6.61 Å². The molecule has 0 spiro atoms. The van der Waals surface area contributed by atoms with Gasteiger partial charge in [0.2, 0.25) is 0 Å². The van der Waals surface area contributed by atoms with Crippen LogP contribution in [0.4, 0.5) is 0 Å². The highest BCUT2D eigenvalue weighted by Crippen LogP contribution is 2.16. The quantitative estimate of drug-likeness (QED) is 0.467. The Balaban J connectivity index is 2.71. The third kappa shape index (κ3) is 6.80. The van der Waals surface area contributed by atoms with Gasteiger partial charge in [-0.05, 0) is 43.4 Å². The average molecular weight is 342 g/mol. The summed E-state index contributed by atoms with van der Waals surface area (Å²) in [5.41, 5.74) is 1.40. The van der Waals surface area contributed by atoms with E-state index < -0.39 is 18.5 Å². The van der Waals surface area contributed by atoms with Crippen LogP contribution in [0.15, 0.2) is 29.8 Å². The molecule has 0 aromatic heterocycles. The molecule has 5 heteroatoms. The number of amides is 1. The smallest absolute Gasteiger partial charge is 0.349 e. The maximum atomic E-state index is 12.0. The van der Waals surface area contributed by atoms with Crippen LogP contribution >= 0.6 is 0 Å². The predicted molar refractivity (Wildman–Crippen MR) is 97.6 cm³/mol. The van der Waals surface area contributed by atoms with Crippen molar-refractivity contribution in [2.45, 2.75) is 52.5 Å². The first-order chi connectivity index (χ1) is 11.7. The van der Waals surface area contributed by atoms with Crippen LogP contribution in [0, 0.1) is 11.3 Å². The van der Waals surface area contributed by atoms with Crippen molar-refractivity contribution in [1.29, 1.82) is 5.26 Å². The molecule has 0 saturated carbocycles. The van der Waals surface area contributed by atoms with E-state index in [0.29, 0.717) is 5.92 Å². The Hall–Kier alpha value is -2.61. The van der Waals surface area contributed by atoms with Crippen molar-refractivity contribution in [3.8, 4) is 6.07 Å². The van der Waals surface area contributed by atoms with E-state index in [4.69, 9.17) is 4.74 Å². The summed E-state index contributed by atoms with van der Waals surface area (Å²) in [7, 11) is 0. The lowest BCUT2D eigenvalue weighted by atomic mass is 10.0. The zero-order valence-corrected chi connectivity index (χ0v) is 15.6. The number of hydrogen-bond acceptors (Lipinski definition) is 4. The highest BCUT2D eigenvalue weighted by molar-refractivity contribution is 5.98. The standard InChI is InChI=1S/C20H26N2O3/c1-6-20(4,5)22-18(23)13-25-19(24)17(12-21)11-15-7-9-16(10-8-15)14(2)3/h7-11,14H,6,13H2,1-5H3,(H,22,23)/b17-11+. The van der Waals surface area contributed by atoms with E-state index in [1.165, 1.54) is 11.6 Å². The fraction of sp³-hybridized carbons (Fsp3) is 0.450. The van der Waals surface area contributed by atoms with E-state index in [1.54, 1.807) is 0 Å². The van der Waals surface area contributed by atoms with Gasteiger partial charge in [-0.25, -0.2) is 4.79 Å². The van der Waals surface area contributed by atoms with Crippen molar-refractivity contribution < 1.29 is 14.3 Å². The minimum Gasteiger partial charge on any atom is -0.451 e. The molecule has 25 heavy (non-hydrogen) atoms. The number of esters is 1. The van der Waals surface area contributed by atoms with Crippen molar-refractivity contribution in [1.82, 2.24) is 5.32 Å². The normalized spacial score (nSPS) is 11.8. The molecule has 0 unspecified atom stereocenters. The van der Waals surface area contributed by atoms with E-state index in [9.17, 15) is 14.9 Å². The number of nitriles is 1. The summed E-state index contributed by atoms with van der Waals surface area (Å²) in [6.45, 7) is 9.49. The Bertz CT molecular complexity index is 680. The van der Waals surface area contributed by atoms with Gasteiger partial charge in [0.1, 0.15) is 11.6 Å². The molecule has 1 amide bonds.